The van der Waals surface area contributed by atoms with Crippen molar-refractivity contribution in [2.45, 2.75) is 58.2 Å². The Morgan fingerprint density at radius 1 is 1.29 bits per heavy atom. The summed E-state index contributed by atoms with van der Waals surface area (Å²) in [5.74, 6) is 0.766. The Labute approximate surface area is 104 Å². The second-order valence-corrected chi connectivity index (χ2v) is 6.40. The van der Waals surface area contributed by atoms with Gasteiger partial charge in [-0.25, -0.2) is 4.79 Å². The van der Waals surface area contributed by atoms with Crippen molar-refractivity contribution in [1.29, 1.82) is 0 Å². The molecular formula is C13H24N2O2. The summed E-state index contributed by atoms with van der Waals surface area (Å²) < 4.78 is 5.43. The van der Waals surface area contributed by atoms with Gasteiger partial charge in [-0.15, -0.1) is 0 Å². The van der Waals surface area contributed by atoms with Crippen molar-refractivity contribution in [3.63, 3.8) is 0 Å². The molecule has 17 heavy (non-hydrogen) atoms. The SMILES string of the molecule is C[C@@H]1CN(C(=O)OC(C)(C)C)C[C@H](C2CC2)N1. The van der Waals surface area contributed by atoms with E-state index >= 15 is 0 Å². The molecular weight excluding hydrogens is 216 g/mol. The quantitative estimate of drug-likeness (QED) is 0.762. The molecule has 1 heterocycles. The molecule has 1 amide bonds. The molecule has 0 bridgehead atoms. The molecule has 1 saturated carbocycles. The first-order valence-corrected chi connectivity index (χ1v) is 6.59. The molecule has 2 rings (SSSR count). The van der Waals surface area contributed by atoms with E-state index in [4.69, 9.17) is 4.74 Å². The Morgan fingerprint density at radius 3 is 2.47 bits per heavy atom. The van der Waals surface area contributed by atoms with E-state index in [-0.39, 0.29) is 6.09 Å². The van der Waals surface area contributed by atoms with E-state index in [9.17, 15) is 4.79 Å². The molecule has 4 nitrogen and oxygen atoms in total. The highest BCUT2D eigenvalue weighted by Crippen LogP contribution is 2.34. The lowest BCUT2D eigenvalue weighted by Gasteiger charge is -2.38. The van der Waals surface area contributed by atoms with Gasteiger partial charge in [0.05, 0.1) is 0 Å². The highest BCUT2D eigenvalue weighted by atomic mass is 16.6. The molecule has 0 radical (unpaired) electrons. The molecule has 2 fully saturated rings. The van der Waals surface area contributed by atoms with Crippen LogP contribution in [0.25, 0.3) is 0 Å². The summed E-state index contributed by atoms with van der Waals surface area (Å²) >= 11 is 0. The topological polar surface area (TPSA) is 41.6 Å². The zero-order valence-corrected chi connectivity index (χ0v) is 11.3. The highest BCUT2D eigenvalue weighted by Gasteiger charge is 2.38. The molecule has 0 aromatic carbocycles. The van der Waals surface area contributed by atoms with Crippen molar-refractivity contribution in [3.05, 3.63) is 0 Å². The van der Waals surface area contributed by atoms with Gasteiger partial charge in [0.1, 0.15) is 5.60 Å². The van der Waals surface area contributed by atoms with Crippen LogP contribution in [0, 0.1) is 5.92 Å². The van der Waals surface area contributed by atoms with Crippen LogP contribution in [-0.2, 0) is 4.74 Å². The van der Waals surface area contributed by atoms with Crippen LogP contribution in [0.15, 0.2) is 0 Å². The smallest absolute Gasteiger partial charge is 0.410 e. The maximum absolute atomic E-state index is 12.0. The van der Waals surface area contributed by atoms with E-state index in [1.54, 1.807) is 0 Å². The number of hydrogen-bond acceptors (Lipinski definition) is 3. The maximum Gasteiger partial charge on any atom is 0.410 e. The Hall–Kier alpha value is -0.770. The molecule has 2 aliphatic rings. The minimum absolute atomic E-state index is 0.170. The predicted molar refractivity (Wildman–Crippen MR) is 66.9 cm³/mol. The molecule has 0 unspecified atom stereocenters. The van der Waals surface area contributed by atoms with Crippen LogP contribution in [0.5, 0.6) is 0 Å². The molecule has 0 spiro atoms. The van der Waals surface area contributed by atoms with Crippen LogP contribution in [0.1, 0.15) is 40.5 Å². The summed E-state index contributed by atoms with van der Waals surface area (Å²) in [6.45, 7) is 9.41. The van der Waals surface area contributed by atoms with E-state index in [0.29, 0.717) is 12.1 Å². The Morgan fingerprint density at radius 2 is 1.94 bits per heavy atom. The number of carbonyl (C=O) groups is 1. The molecule has 1 aliphatic heterocycles. The molecule has 98 valence electrons. The number of amides is 1. The van der Waals surface area contributed by atoms with Crippen molar-refractivity contribution in [2.24, 2.45) is 5.92 Å². The standard InChI is InChI=1S/C13H24N2O2/c1-9-7-15(12(16)17-13(2,3)4)8-11(14-9)10-5-6-10/h9-11,14H,5-8H2,1-4H3/t9-,11-/m1/s1. The van der Waals surface area contributed by atoms with Gasteiger partial charge in [-0.3, -0.25) is 0 Å². The second-order valence-electron chi connectivity index (χ2n) is 6.40. The fourth-order valence-electron chi connectivity index (χ4n) is 2.37. The summed E-state index contributed by atoms with van der Waals surface area (Å²) in [6.07, 6.45) is 2.43. The minimum Gasteiger partial charge on any atom is -0.444 e. The summed E-state index contributed by atoms with van der Waals surface area (Å²) in [6, 6.07) is 0.827. The predicted octanol–water partition coefficient (Wildman–Crippen LogP) is 1.99. The van der Waals surface area contributed by atoms with Crippen molar-refractivity contribution in [2.75, 3.05) is 13.1 Å². The minimum atomic E-state index is -0.403. The second kappa shape index (κ2) is 4.48. The Balaban J connectivity index is 1.92. The molecule has 2 atom stereocenters. The average Bonchev–Trinajstić information content (AvgIpc) is 2.96. The Bertz CT molecular complexity index is 294. The van der Waals surface area contributed by atoms with Crippen molar-refractivity contribution in [3.8, 4) is 0 Å². The zero-order valence-electron chi connectivity index (χ0n) is 11.3. The van der Waals surface area contributed by atoms with E-state index in [2.05, 4.69) is 12.2 Å². The zero-order chi connectivity index (χ0) is 12.6. The normalized spacial score (nSPS) is 30.2. The Kier molecular flexibility index (Phi) is 3.34. The van der Waals surface area contributed by atoms with Gasteiger partial charge in [0.15, 0.2) is 0 Å². The van der Waals surface area contributed by atoms with Crippen molar-refractivity contribution in [1.82, 2.24) is 10.2 Å². The lowest BCUT2D eigenvalue weighted by molar-refractivity contribution is 0.0150. The van der Waals surface area contributed by atoms with Crippen LogP contribution >= 0.6 is 0 Å². The number of hydrogen-bond donors (Lipinski definition) is 1. The maximum atomic E-state index is 12.0. The first kappa shape index (κ1) is 12.7. The van der Waals surface area contributed by atoms with Crippen molar-refractivity contribution >= 4 is 6.09 Å². The fraction of sp³-hybridized carbons (Fsp3) is 0.923. The van der Waals surface area contributed by atoms with Gasteiger partial charge in [-0.1, -0.05) is 0 Å². The van der Waals surface area contributed by atoms with E-state index in [1.807, 2.05) is 25.7 Å². The molecule has 0 aromatic rings. The molecule has 1 saturated heterocycles. The van der Waals surface area contributed by atoms with Crippen molar-refractivity contribution < 1.29 is 9.53 Å². The molecule has 0 aromatic heterocycles. The van der Waals surface area contributed by atoms with Gasteiger partial charge in [0.25, 0.3) is 0 Å². The number of nitrogens with one attached hydrogen (secondary N) is 1. The van der Waals surface area contributed by atoms with Gasteiger partial charge in [-0.2, -0.15) is 0 Å². The van der Waals surface area contributed by atoms with Gasteiger partial charge < -0.3 is 15.0 Å². The van der Waals surface area contributed by atoms with Crippen LogP contribution in [0.2, 0.25) is 0 Å². The average molecular weight is 240 g/mol. The van der Waals surface area contributed by atoms with Crippen LogP contribution in [0.4, 0.5) is 4.79 Å². The van der Waals surface area contributed by atoms with E-state index in [1.165, 1.54) is 12.8 Å². The van der Waals surface area contributed by atoms with Gasteiger partial charge in [-0.05, 0) is 46.5 Å². The number of ether oxygens (including phenoxy) is 1. The third-order valence-electron chi connectivity index (χ3n) is 3.25. The number of piperazine rings is 1. The highest BCUT2D eigenvalue weighted by molar-refractivity contribution is 5.68. The van der Waals surface area contributed by atoms with E-state index < -0.39 is 5.60 Å². The van der Waals surface area contributed by atoms with Gasteiger partial charge in [0, 0.05) is 25.2 Å². The lowest BCUT2D eigenvalue weighted by Crippen LogP contribution is -2.58. The number of nitrogens with zero attached hydrogens (tertiary/aromatic N) is 1. The fourth-order valence-corrected chi connectivity index (χ4v) is 2.37. The lowest BCUT2D eigenvalue weighted by atomic mass is 10.1. The van der Waals surface area contributed by atoms with Crippen LogP contribution < -0.4 is 5.32 Å². The first-order valence-electron chi connectivity index (χ1n) is 6.59. The molecule has 1 N–H and O–H groups in total. The van der Waals surface area contributed by atoms with E-state index in [0.717, 1.165) is 19.0 Å². The summed E-state index contributed by atoms with van der Waals surface area (Å²) in [4.78, 5) is 13.9. The third-order valence-corrected chi connectivity index (χ3v) is 3.25. The van der Waals surface area contributed by atoms with Gasteiger partial charge in [0.2, 0.25) is 0 Å². The van der Waals surface area contributed by atoms with Crippen LogP contribution in [0.3, 0.4) is 0 Å². The monoisotopic (exact) mass is 240 g/mol. The first-order chi connectivity index (χ1) is 7.85. The number of carbonyl (C=O) groups excluding carboxylic acids is 1. The van der Waals surface area contributed by atoms with Gasteiger partial charge >= 0.3 is 6.09 Å². The summed E-state index contributed by atoms with van der Waals surface area (Å²) in [5, 5.41) is 3.58. The third kappa shape index (κ3) is 3.60. The molecule has 4 heteroatoms. The number of rotatable bonds is 1. The summed E-state index contributed by atoms with van der Waals surface area (Å²) in [5.41, 5.74) is -0.403. The van der Waals surface area contributed by atoms with Crippen LogP contribution in [-0.4, -0.2) is 41.8 Å². The molecule has 1 aliphatic carbocycles. The largest absolute Gasteiger partial charge is 0.444 e. The summed E-state index contributed by atoms with van der Waals surface area (Å²) in [7, 11) is 0.